The maximum Gasteiger partial charge on any atom is 0.208 e. The van der Waals surface area contributed by atoms with E-state index in [0.29, 0.717) is 12.0 Å². The summed E-state index contributed by atoms with van der Waals surface area (Å²) in [6, 6.07) is 10.7. The molecule has 3 heterocycles. The first-order valence-corrected chi connectivity index (χ1v) is 8.53. The molecule has 6 heteroatoms. The highest BCUT2D eigenvalue weighted by Crippen LogP contribution is 2.31. The zero-order chi connectivity index (χ0) is 14.9. The van der Waals surface area contributed by atoms with Gasteiger partial charge in [-0.15, -0.1) is 10.2 Å². The van der Waals surface area contributed by atoms with Crippen molar-refractivity contribution in [3.05, 3.63) is 30.3 Å². The molecule has 1 aromatic heterocycles. The van der Waals surface area contributed by atoms with E-state index < -0.39 is 0 Å². The molecule has 2 aromatic rings. The van der Waals surface area contributed by atoms with Crippen LogP contribution in [0.15, 0.2) is 30.3 Å². The molecule has 2 aliphatic heterocycles. The predicted molar refractivity (Wildman–Crippen MR) is 88.3 cm³/mol. The van der Waals surface area contributed by atoms with Crippen LogP contribution in [-0.2, 0) is 4.74 Å². The van der Waals surface area contributed by atoms with Gasteiger partial charge in [-0.1, -0.05) is 41.7 Å². The second-order valence-electron chi connectivity index (χ2n) is 6.16. The van der Waals surface area contributed by atoms with Crippen LogP contribution in [-0.4, -0.2) is 61.0 Å². The molecule has 0 aliphatic carbocycles. The lowest BCUT2D eigenvalue weighted by Crippen LogP contribution is -2.42. The predicted octanol–water partition coefficient (Wildman–Crippen LogP) is 1.97. The number of likely N-dealkylation sites (N-methyl/N-ethyl adjacent to an activating group) is 1. The SMILES string of the molecule is CN1C[C@H]2COC[C@@H]1CN(c1nnc(-c3ccccc3)s1)C2. The third kappa shape index (κ3) is 2.74. The minimum Gasteiger partial charge on any atom is -0.379 e. The van der Waals surface area contributed by atoms with E-state index in [-0.39, 0.29) is 0 Å². The van der Waals surface area contributed by atoms with Crippen molar-refractivity contribution < 1.29 is 4.74 Å². The van der Waals surface area contributed by atoms with Crippen LogP contribution in [0.3, 0.4) is 0 Å². The lowest BCUT2D eigenvalue weighted by molar-refractivity contribution is 0.0931. The molecule has 2 aliphatic rings. The van der Waals surface area contributed by atoms with Crippen LogP contribution in [0.25, 0.3) is 10.6 Å². The van der Waals surface area contributed by atoms with Gasteiger partial charge in [0.05, 0.1) is 19.3 Å². The lowest BCUT2D eigenvalue weighted by Gasteiger charge is -2.29. The molecule has 1 aromatic carbocycles. The van der Waals surface area contributed by atoms with Gasteiger partial charge in [-0.2, -0.15) is 0 Å². The summed E-state index contributed by atoms with van der Waals surface area (Å²) in [7, 11) is 2.20. The quantitative estimate of drug-likeness (QED) is 0.847. The number of hydrogen-bond donors (Lipinski definition) is 0. The summed E-state index contributed by atoms with van der Waals surface area (Å²) >= 11 is 1.69. The summed E-state index contributed by atoms with van der Waals surface area (Å²) in [6.45, 7) is 4.74. The van der Waals surface area contributed by atoms with Crippen molar-refractivity contribution in [1.82, 2.24) is 15.1 Å². The van der Waals surface area contributed by atoms with Gasteiger partial charge in [-0.3, -0.25) is 4.90 Å². The molecule has 4 rings (SSSR count). The topological polar surface area (TPSA) is 41.5 Å². The molecule has 22 heavy (non-hydrogen) atoms. The fraction of sp³-hybridized carbons (Fsp3) is 0.500. The van der Waals surface area contributed by atoms with E-state index in [2.05, 4.69) is 39.2 Å². The standard InChI is InChI=1S/C16H20N4OS/c1-19-7-12-8-20(9-14(19)11-21-10-12)16-18-17-15(22-16)13-5-3-2-4-6-13/h2-6,12,14H,7-11H2,1H3/t12-,14+/m1/s1. The Morgan fingerprint density at radius 2 is 1.95 bits per heavy atom. The van der Waals surface area contributed by atoms with Crippen LogP contribution in [0.2, 0.25) is 0 Å². The van der Waals surface area contributed by atoms with Gasteiger partial charge in [0.15, 0.2) is 0 Å². The number of hydrogen-bond acceptors (Lipinski definition) is 6. The van der Waals surface area contributed by atoms with Gasteiger partial charge in [0.1, 0.15) is 5.01 Å². The highest BCUT2D eigenvalue weighted by atomic mass is 32.1. The fourth-order valence-electron chi connectivity index (χ4n) is 3.25. The van der Waals surface area contributed by atoms with Crippen LogP contribution in [0.5, 0.6) is 0 Å². The Kier molecular flexibility index (Phi) is 3.82. The number of nitrogens with zero attached hydrogens (tertiary/aromatic N) is 4. The number of ether oxygens (including phenoxy) is 1. The molecule has 0 amide bonds. The van der Waals surface area contributed by atoms with Crippen LogP contribution in [0.1, 0.15) is 0 Å². The molecule has 0 radical (unpaired) electrons. The molecular weight excluding hydrogens is 296 g/mol. The lowest BCUT2D eigenvalue weighted by atomic mass is 10.1. The molecule has 2 fully saturated rings. The van der Waals surface area contributed by atoms with Crippen molar-refractivity contribution >= 4 is 16.5 Å². The molecule has 2 atom stereocenters. The number of aromatic nitrogens is 2. The van der Waals surface area contributed by atoms with Gasteiger partial charge in [-0.25, -0.2) is 0 Å². The van der Waals surface area contributed by atoms with Crippen LogP contribution in [0.4, 0.5) is 5.13 Å². The van der Waals surface area contributed by atoms with E-state index in [1.807, 2.05) is 18.2 Å². The first-order valence-electron chi connectivity index (χ1n) is 7.71. The minimum absolute atomic E-state index is 0.441. The Morgan fingerprint density at radius 1 is 1.09 bits per heavy atom. The van der Waals surface area contributed by atoms with Crippen molar-refractivity contribution in [2.75, 3.05) is 44.8 Å². The molecule has 5 nitrogen and oxygen atoms in total. The maximum atomic E-state index is 5.79. The monoisotopic (exact) mass is 316 g/mol. The van der Waals surface area contributed by atoms with Crippen molar-refractivity contribution in [1.29, 1.82) is 0 Å². The average molecular weight is 316 g/mol. The van der Waals surface area contributed by atoms with Gasteiger partial charge < -0.3 is 9.64 Å². The van der Waals surface area contributed by atoms with E-state index in [1.54, 1.807) is 11.3 Å². The highest BCUT2D eigenvalue weighted by Gasteiger charge is 2.32. The molecule has 0 unspecified atom stereocenters. The first kappa shape index (κ1) is 14.1. The second-order valence-corrected chi connectivity index (χ2v) is 7.11. The number of rotatable bonds is 2. The zero-order valence-electron chi connectivity index (χ0n) is 12.7. The summed E-state index contributed by atoms with van der Waals surface area (Å²) < 4.78 is 5.79. The number of fused-ring (bicyclic) bond motifs is 3. The summed E-state index contributed by atoms with van der Waals surface area (Å²) in [6.07, 6.45) is 0. The number of benzene rings is 1. The molecule has 2 bridgehead atoms. The summed E-state index contributed by atoms with van der Waals surface area (Å²) in [5, 5.41) is 10.9. The van der Waals surface area contributed by atoms with E-state index >= 15 is 0 Å². The van der Waals surface area contributed by atoms with Crippen LogP contribution in [0, 0.1) is 5.92 Å². The maximum absolute atomic E-state index is 5.79. The van der Waals surface area contributed by atoms with Crippen molar-refractivity contribution in [2.24, 2.45) is 5.92 Å². The smallest absolute Gasteiger partial charge is 0.208 e. The van der Waals surface area contributed by atoms with Gasteiger partial charge in [0, 0.05) is 31.1 Å². The third-order valence-corrected chi connectivity index (χ3v) is 5.48. The number of anilines is 1. The molecular formula is C16H20N4OS. The third-order valence-electron chi connectivity index (χ3n) is 4.45. The van der Waals surface area contributed by atoms with Gasteiger partial charge in [-0.05, 0) is 7.05 Å². The second kappa shape index (κ2) is 5.95. The summed E-state index contributed by atoms with van der Waals surface area (Å²) in [4.78, 5) is 4.82. The van der Waals surface area contributed by atoms with E-state index in [4.69, 9.17) is 4.74 Å². The highest BCUT2D eigenvalue weighted by molar-refractivity contribution is 7.18. The van der Waals surface area contributed by atoms with Crippen LogP contribution >= 0.6 is 11.3 Å². The molecule has 116 valence electrons. The normalized spacial score (nSPS) is 26.0. The molecule has 0 saturated carbocycles. The molecule has 0 N–H and O–H groups in total. The Labute approximate surface area is 134 Å². The minimum atomic E-state index is 0.441. The summed E-state index contributed by atoms with van der Waals surface area (Å²) in [5.41, 5.74) is 1.14. The Morgan fingerprint density at radius 3 is 2.82 bits per heavy atom. The summed E-state index contributed by atoms with van der Waals surface area (Å²) in [5.74, 6) is 0.543. The average Bonchev–Trinajstić information content (AvgIpc) is 2.87. The molecule has 0 spiro atoms. The Balaban J connectivity index is 1.58. The van der Waals surface area contributed by atoms with Crippen LogP contribution < -0.4 is 4.90 Å². The Hall–Kier alpha value is -1.50. The van der Waals surface area contributed by atoms with Crippen molar-refractivity contribution in [3.63, 3.8) is 0 Å². The van der Waals surface area contributed by atoms with Gasteiger partial charge in [0.2, 0.25) is 5.13 Å². The van der Waals surface area contributed by atoms with Crippen molar-refractivity contribution in [3.8, 4) is 10.6 Å². The fourth-order valence-corrected chi connectivity index (χ4v) is 4.12. The van der Waals surface area contributed by atoms with E-state index in [9.17, 15) is 0 Å². The molecule has 2 saturated heterocycles. The largest absolute Gasteiger partial charge is 0.379 e. The Bertz CT molecular complexity index is 632. The van der Waals surface area contributed by atoms with Gasteiger partial charge >= 0.3 is 0 Å². The van der Waals surface area contributed by atoms with E-state index in [1.165, 1.54) is 0 Å². The van der Waals surface area contributed by atoms with Gasteiger partial charge in [0.25, 0.3) is 0 Å². The zero-order valence-corrected chi connectivity index (χ0v) is 13.5. The van der Waals surface area contributed by atoms with E-state index in [0.717, 1.165) is 48.6 Å². The van der Waals surface area contributed by atoms with Crippen molar-refractivity contribution in [2.45, 2.75) is 6.04 Å². The first-order chi connectivity index (χ1) is 10.8.